The highest BCUT2D eigenvalue weighted by Crippen LogP contribution is 2.21. The molecule has 0 aliphatic heterocycles. The topological polar surface area (TPSA) is 81.4 Å². The minimum Gasteiger partial charge on any atom is -0.465 e. The molecule has 5 nitrogen and oxygen atoms in total. The minimum atomic E-state index is -1.24. The number of methoxy groups -OCH3 is 1. The maximum atomic E-state index is 13.5. The van der Waals surface area contributed by atoms with Gasteiger partial charge < -0.3 is 15.8 Å². The van der Waals surface area contributed by atoms with Gasteiger partial charge in [0.25, 0.3) is 0 Å². The molecule has 0 unspecified atom stereocenters. The zero-order valence-electron chi connectivity index (χ0n) is 10.7. The molecular weight excluding hydrogens is 258 g/mol. The van der Waals surface area contributed by atoms with Gasteiger partial charge in [0.2, 0.25) is 5.91 Å². The van der Waals surface area contributed by atoms with Gasteiger partial charge in [0.15, 0.2) is 0 Å². The summed E-state index contributed by atoms with van der Waals surface area (Å²) in [6.07, 6.45) is 0. The van der Waals surface area contributed by atoms with Gasteiger partial charge in [0.1, 0.15) is 11.6 Å². The van der Waals surface area contributed by atoms with Gasteiger partial charge in [-0.3, -0.25) is 4.79 Å². The standard InChI is InChI=1S/C12H14F2N2O3/c1-12(2,15)11(18)16-9-4-6(10(17)19-3)7(13)5-8(9)14/h4-5H,15H2,1-3H3,(H,16,18). The molecule has 1 amide bonds. The van der Waals surface area contributed by atoms with Crippen LogP contribution in [0.5, 0.6) is 0 Å². The molecule has 1 aromatic rings. The van der Waals surface area contributed by atoms with Crippen LogP contribution in [-0.2, 0) is 9.53 Å². The molecule has 7 heteroatoms. The van der Waals surface area contributed by atoms with Crippen LogP contribution in [0.3, 0.4) is 0 Å². The lowest BCUT2D eigenvalue weighted by Gasteiger charge is -2.18. The van der Waals surface area contributed by atoms with Crippen LogP contribution in [0.25, 0.3) is 0 Å². The molecule has 3 N–H and O–H groups in total. The molecule has 104 valence electrons. The number of halogens is 2. The van der Waals surface area contributed by atoms with Crippen LogP contribution in [-0.4, -0.2) is 24.5 Å². The summed E-state index contributed by atoms with van der Waals surface area (Å²) in [4.78, 5) is 22.9. The van der Waals surface area contributed by atoms with Crippen molar-refractivity contribution in [3.8, 4) is 0 Å². The van der Waals surface area contributed by atoms with E-state index in [1.807, 2.05) is 0 Å². The molecule has 0 aromatic heterocycles. The average molecular weight is 272 g/mol. The van der Waals surface area contributed by atoms with Crippen molar-refractivity contribution < 1.29 is 23.1 Å². The van der Waals surface area contributed by atoms with Crippen LogP contribution in [0.2, 0.25) is 0 Å². The number of carbonyl (C=O) groups is 2. The Morgan fingerprint density at radius 2 is 1.84 bits per heavy atom. The van der Waals surface area contributed by atoms with Gasteiger partial charge in [-0.05, 0) is 19.9 Å². The van der Waals surface area contributed by atoms with Crippen molar-refractivity contribution in [3.63, 3.8) is 0 Å². The monoisotopic (exact) mass is 272 g/mol. The SMILES string of the molecule is COC(=O)c1cc(NC(=O)C(C)(C)N)c(F)cc1F. The predicted octanol–water partition coefficient (Wildman–Crippen LogP) is 1.43. The van der Waals surface area contributed by atoms with E-state index >= 15 is 0 Å². The lowest BCUT2D eigenvalue weighted by molar-refractivity contribution is -0.120. The summed E-state index contributed by atoms with van der Waals surface area (Å²) in [5, 5.41) is 2.18. The van der Waals surface area contributed by atoms with Crippen molar-refractivity contribution in [2.75, 3.05) is 12.4 Å². The molecule has 0 fully saturated rings. The Morgan fingerprint density at radius 3 is 2.32 bits per heavy atom. The first kappa shape index (κ1) is 15.0. The summed E-state index contributed by atoms with van der Waals surface area (Å²) >= 11 is 0. The van der Waals surface area contributed by atoms with Crippen LogP contribution in [0.15, 0.2) is 12.1 Å². The number of rotatable bonds is 3. The molecule has 1 aromatic carbocycles. The number of benzene rings is 1. The fourth-order valence-corrected chi connectivity index (χ4v) is 1.19. The first-order valence-corrected chi connectivity index (χ1v) is 5.34. The van der Waals surface area contributed by atoms with E-state index in [1.165, 1.54) is 13.8 Å². The van der Waals surface area contributed by atoms with Gasteiger partial charge in [0.05, 0.1) is 23.9 Å². The fraction of sp³-hybridized carbons (Fsp3) is 0.333. The number of nitrogens with two attached hydrogens (primary N) is 1. The number of hydrogen-bond acceptors (Lipinski definition) is 4. The largest absolute Gasteiger partial charge is 0.465 e. The number of carbonyl (C=O) groups excluding carboxylic acids is 2. The average Bonchev–Trinajstić information content (AvgIpc) is 2.30. The molecule has 0 bridgehead atoms. The van der Waals surface area contributed by atoms with Crippen LogP contribution in [0, 0.1) is 11.6 Å². The van der Waals surface area contributed by atoms with Crippen molar-refractivity contribution in [1.29, 1.82) is 0 Å². The number of hydrogen-bond donors (Lipinski definition) is 2. The number of nitrogens with one attached hydrogen (secondary N) is 1. The summed E-state index contributed by atoms with van der Waals surface area (Å²) in [7, 11) is 1.06. The van der Waals surface area contributed by atoms with E-state index in [4.69, 9.17) is 5.73 Å². The Kier molecular flexibility index (Phi) is 4.21. The Balaban J connectivity index is 3.15. The third kappa shape index (κ3) is 3.47. The fourth-order valence-electron chi connectivity index (χ4n) is 1.19. The highest BCUT2D eigenvalue weighted by Gasteiger charge is 2.24. The lowest BCUT2D eigenvalue weighted by Crippen LogP contribution is -2.45. The highest BCUT2D eigenvalue weighted by atomic mass is 19.1. The zero-order chi connectivity index (χ0) is 14.8. The van der Waals surface area contributed by atoms with Crippen LogP contribution < -0.4 is 11.1 Å². The molecule has 1 rings (SSSR count). The minimum absolute atomic E-state index is 0.342. The molecule has 0 saturated heterocycles. The quantitative estimate of drug-likeness (QED) is 0.815. The molecule has 0 heterocycles. The molecule has 0 saturated carbocycles. The molecule has 0 aliphatic carbocycles. The smallest absolute Gasteiger partial charge is 0.340 e. The number of anilines is 1. The molecule has 19 heavy (non-hydrogen) atoms. The summed E-state index contributed by atoms with van der Waals surface area (Å²) < 4.78 is 31.2. The summed E-state index contributed by atoms with van der Waals surface area (Å²) in [6, 6.07) is 1.35. The number of amides is 1. The number of esters is 1. The van der Waals surface area contributed by atoms with Gasteiger partial charge in [-0.25, -0.2) is 13.6 Å². The molecule has 0 spiro atoms. The Morgan fingerprint density at radius 1 is 1.26 bits per heavy atom. The summed E-state index contributed by atoms with van der Waals surface area (Å²) in [5.41, 5.74) is 3.47. The van der Waals surface area contributed by atoms with Crippen molar-refractivity contribution in [1.82, 2.24) is 0 Å². The molecule has 0 radical (unpaired) electrons. The van der Waals surface area contributed by atoms with Crippen LogP contribution in [0.1, 0.15) is 24.2 Å². The maximum Gasteiger partial charge on any atom is 0.340 e. The van der Waals surface area contributed by atoms with Gasteiger partial charge in [-0.1, -0.05) is 0 Å². The Hall–Kier alpha value is -2.02. The van der Waals surface area contributed by atoms with Gasteiger partial charge in [0, 0.05) is 6.07 Å². The van der Waals surface area contributed by atoms with Gasteiger partial charge in [-0.2, -0.15) is 0 Å². The molecule has 0 atom stereocenters. The van der Waals surface area contributed by atoms with Crippen molar-refractivity contribution >= 4 is 17.6 Å². The lowest BCUT2D eigenvalue weighted by atomic mass is 10.1. The summed E-state index contributed by atoms with van der Waals surface area (Å²) in [5.74, 6) is -3.73. The number of ether oxygens (including phenoxy) is 1. The first-order chi connectivity index (χ1) is 8.66. The molecule has 0 aliphatic rings. The van der Waals surface area contributed by atoms with Gasteiger partial charge >= 0.3 is 5.97 Å². The van der Waals surface area contributed by atoms with E-state index in [2.05, 4.69) is 10.1 Å². The van der Waals surface area contributed by atoms with E-state index in [0.29, 0.717) is 6.07 Å². The second-order valence-corrected chi connectivity index (χ2v) is 4.48. The van der Waals surface area contributed by atoms with Crippen molar-refractivity contribution in [2.24, 2.45) is 5.73 Å². The van der Waals surface area contributed by atoms with Crippen molar-refractivity contribution in [2.45, 2.75) is 19.4 Å². The normalized spacial score (nSPS) is 11.1. The third-order valence-electron chi connectivity index (χ3n) is 2.30. The summed E-state index contributed by atoms with van der Waals surface area (Å²) in [6.45, 7) is 2.84. The predicted molar refractivity (Wildman–Crippen MR) is 64.6 cm³/mol. The van der Waals surface area contributed by atoms with E-state index < -0.39 is 34.6 Å². The highest BCUT2D eigenvalue weighted by molar-refractivity contribution is 5.99. The first-order valence-electron chi connectivity index (χ1n) is 5.34. The van der Waals surface area contributed by atoms with Crippen molar-refractivity contribution in [3.05, 3.63) is 29.3 Å². The van der Waals surface area contributed by atoms with E-state index in [-0.39, 0.29) is 5.69 Å². The van der Waals surface area contributed by atoms with Crippen LogP contribution >= 0.6 is 0 Å². The van der Waals surface area contributed by atoms with Crippen LogP contribution in [0.4, 0.5) is 14.5 Å². The Labute approximate surface area is 108 Å². The van der Waals surface area contributed by atoms with E-state index in [9.17, 15) is 18.4 Å². The second-order valence-electron chi connectivity index (χ2n) is 4.48. The van der Waals surface area contributed by atoms with E-state index in [1.54, 1.807) is 0 Å². The Bertz CT molecular complexity index is 524. The zero-order valence-corrected chi connectivity index (χ0v) is 10.7. The molecular formula is C12H14F2N2O3. The maximum absolute atomic E-state index is 13.5. The second kappa shape index (κ2) is 5.31. The van der Waals surface area contributed by atoms with Gasteiger partial charge in [-0.15, -0.1) is 0 Å². The third-order valence-corrected chi connectivity index (χ3v) is 2.30. The van der Waals surface area contributed by atoms with E-state index in [0.717, 1.165) is 13.2 Å².